The Morgan fingerprint density at radius 2 is 1.72 bits per heavy atom. The van der Waals surface area contributed by atoms with Gasteiger partial charge in [0.25, 0.3) is 5.91 Å². The summed E-state index contributed by atoms with van der Waals surface area (Å²) in [6, 6.07) is -0.718. The third kappa shape index (κ3) is 7.11. The maximum atomic E-state index is 14.4. The molecule has 3 rings (SSSR count). The van der Waals surface area contributed by atoms with Crippen molar-refractivity contribution < 1.29 is 32.7 Å². The number of carboxylic acid groups (broad SMARTS) is 1. The van der Waals surface area contributed by atoms with Crippen molar-refractivity contribution in [2.45, 2.75) is 77.4 Å². The normalized spacial score (nSPS) is 19.6. The van der Waals surface area contributed by atoms with Crippen LogP contribution in [0, 0.1) is 5.41 Å². The molecule has 0 unspecified atom stereocenters. The first kappa shape index (κ1) is 30.9. The molecule has 2 aromatic heterocycles. The van der Waals surface area contributed by atoms with Crippen molar-refractivity contribution >= 4 is 40.9 Å². The van der Waals surface area contributed by atoms with Crippen LogP contribution in [0.3, 0.4) is 0 Å². The van der Waals surface area contributed by atoms with Crippen molar-refractivity contribution in [1.82, 2.24) is 19.7 Å². The molecule has 1 N–H and O–H groups in total. The van der Waals surface area contributed by atoms with Crippen molar-refractivity contribution in [3.05, 3.63) is 45.5 Å². The molecule has 0 saturated heterocycles. The van der Waals surface area contributed by atoms with Crippen LogP contribution in [0.2, 0.25) is 10.0 Å². The number of pyridine rings is 1. The van der Waals surface area contributed by atoms with E-state index >= 15 is 0 Å². The van der Waals surface area contributed by atoms with Crippen molar-refractivity contribution in [3.8, 4) is 0 Å². The van der Waals surface area contributed by atoms with Crippen LogP contribution in [-0.2, 0) is 11.0 Å². The van der Waals surface area contributed by atoms with Crippen molar-refractivity contribution in [3.63, 3.8) is 0 Å². The number of carbonyl (C=O) groups excluding carboxylic acids is 2. The number of carbonyl (C=O) groups is 3. The van der Waals surface area contributed by atoms with E-state index in [2.05, 4.69) is 10.1 Å². The van der Waals surface area contributed by atoms with Crippen LogP contribution >= 0.6 is 23.2 Å². The monoisotopic (exact) mass is 590 g/mol. The largest absolute Gasteiger partial charge is 0.481 e. The first-order chi connectivity index (χ1) is 18.3. The zero-order valence-corrected chi connectivity index (χ0v) is 23.2. The van der Waals surface area contributed by atoms with E-state index in [0.29, 0.717) is 6.42 Å². The molecule has 0 aromatic carbocycles. The number of aliphatic carboxylic acids is 1. The highest BCUT2D eigenvalue weighted by molar-refractivity contribution is 6.39. The van der Waals surface area contributed by atoms with Crippen LogP contribution in [0.15, 0.2) is 18.6 Å². The Morgan fingerprint density at radius 3 is 2.26 bits per heavy atom. The zero-order valence-electron chi connectivity index (χ0n) is 21.7. The molecule has 8 nitrogen and oxygen atoms in total. The van der Waals surface area contributed by atoms with Gasteiger partial charge in [-0.1, -0.05) is 49.4 Å². The second kappa shape index (κ2) is 12.7. The molecule has 2 aromatic rings. The number of hydrogen-bond donors (Lipinski definition) is 1. The molecule has 0 spiro atoms. The number of Topliss-reactive ketones (excluding diaryl/α,β-unsaturated/α-hetero) is 1. The summed E-state index contributed by atoms with van der Waals surface area (Å²) in [5, 5.41) is 13.4. The Labute approximate surface area is 234 Å². The summed E-state index contributed by atoms with van der Waals surface area (Å²) in [6.45, 7) is 3.09. The number of hydrogen-bond acceptors (Lipinski definition) is 5. The number of amides is 1. The number of unbranched alkanes of at least 4 members (excludes halogenated alkanes) is 3. The van der Waals surface area contributed by atoms with E-state index in [1.807, 2.05) is 6.92 Å². The molecular formula is C26H31Cl2F3N4O4. The molecule has 1 fully saturated rings. The van der Waals surface area contributed by atoms with Crippen LogP contribution in [-0.4, -0.2) is 55.5 Å². The smallest absolute Gasteiger partial charge is 0.433 e. The van der Waals surface area contributed by atoms with Crippen LogP contribution in [0.25, 0.3) is 0 Å². The molecule has 0 atom stereocenters. The second-order valence-electron chi connectivity index (χ2n) is 10.1. The summed E-state index contributed by atoms with van der Waals surface area (Å²) >= 11 is 12.2. The Kier molecular flexibility index (Phi) is 10.0. The van der Waals surface area contributed by atoms with E-state index in [1.54, 1.807) is 6.92 Å². The fourth-order valence-corrected chi connectivity index (χ4v) is 5.43. The number of ketones is 1. The van der Waals surface area contributed by atoms with Crippen molar-refractivity contribution in [1.29, 1.82) is 0 Å². The summed E-state index contributed by atoms with van der Waals surface area (Å²) in [7, 11) is 0. The van der Waals surface area contributed by atoms with Gasteiger partial charge in [-0.15, -0.1) is 0 Å². The fraction of sp³-hybridized carbons (Fsp3) is 0.577. The number of nitrogens with zero attached hydrogens (tertiary/aromatic N) is 4. The van der Waals surface area contributed by atoms with Gasteiger partial charge < -0.3 is 10.0 Å². The van der Waals surface area contributed by atoms with Gasteiger partial charge in [0.05, 0.1) is 45.4 Å². The highest BCUT2D eigenvalue weighted by Crippen LogP contribution is 2.43. The molecule has 39 heavy (non-hydrogen) atoms. The van der Waals surface area contributed by atoms with Gasteiger partial charge in [-0.05, 0) is 39.0 Å². The summed E-state index contributed by atoms with van der Waals surface area (Å²) in [4.78, 5) is 43.1. The standard InChI is InChI=1S/C26H31Cl2F3N4O4/c1-3-4-5-6-11-34(15-20(36)21-18(27)13-32-14-19(21)28)23(37)17-12-33-35(22(17)26(29,30)31)16-7-9-25(2,10-8-16)24(38)39/h12-14,16H,3-11,15H2,1-2H3,(H,38,39)/t16-,25-. The Morgan fingerprint density at radius 1 is 1.10 bits per heavy atom. The van der Waals surface area contributed by atoms with Crippen molar-refractivity contribution in [2.24, 2.45) is 5.41 Å². The van der Waals surface area contributed by atoms with Crippen molar-refractivity contribution in [2.75, 3.05) is 13.1 Å². The van der Waals surface area contributed by atoms with Gasteiger partial charge in [0.1, 0.15) is 0 Å². The molecule has 0 radical (unpaired) electrons. The average molecular weight is 591 g/mol. The van der Waals surface area contributed by atoms with E-state index in [9.17, 15) is 32.7 Å². The summed E-state index contributed by atoms with van der Waals surface area (Å²) in [5.41, 5.74) is -2.95. The topological polar surface area (TPSA) is 105 Å². The summed E-state index contributed by atoms with van der Waals surface area (Å²) in [6.07, 6.45) is 2.08. The van der Waals surface area contributed by atoms with Crippen LogP contribution in [0.1, 0.15) is 97.7 Å². The quantitative estimate of drug-likeness (QED) is 0.230. The number of carboxylic acids is 1. The van der Waals surface area contributed by atoms with Gasteiger partial charge >= 0.3 is 12.1 Å². The van der Waals surface area contributed by atoms with E-state index in [4.69, 9.17) is 23.2 Å². The lowest BCUT2D eigenvalue weighted by Gasteiger charge is -2.34. The molecule has 0 aliphatic heterocycles. The van der Waals surface area contributed by atoms with Gasteiger partial charge in [0, 0.05) is 18.9 Å². The van der Waals surface area contributed by atoms with Gasteiger partial charge in [-0.3, -0.25) is 24.0 Å². The number of alkyl halides is 3. The first-order valence-electron chi connectivity index (χ1n) is 12.8. The molecule has 214 valence electrons. The minimum atomic E-state index is -4.91. The number of aromatic nitrogens is 3. The van der Waals surface area contributed by atoms with E-state index in [1.165, 1.54) is 12.4 Å². The van der Waals surface area contributed by atoms with Gasteiger partial charge in [0.2, 0.25) is 0 Å². The third-order valence-electron chi connectivity index (χ3n) is 7.25. The predicted octanol–water partition coefficient (Wildman–Crippen LogP) is 6.72. The number of halogens is 5. The molecule has 13 heteroatoms. The SMILES string of the molecule is CCCCCCN(CC(=O)c1c(Cl)cncc1Cl)C(=O)c1cnn([C@H]2CC[C@](C)(C(=O)O)CC2)c1C(F)(F)F. The predicted molar refractivity (Wildman–Crippen MR) is 139 cm³/mol. The molecule has 1 amide bonds. The molecule has 1 aliphatic rings. The van der Waals surface area contributed by atoms with E-state index in [-0.39, 0.29) is 47.8 Å². The zero-order chi connectivity index (χ0) is 29.0. The van der Waals surface area contributed by atoms with Crippen LogP contribution in [0.4, 0.5) is 13.2 Å². The third-order valence-corrected chi connectivity index (χ3v) is 7.82. The molecular weight excluding hydrogens is 560 g/mol. The molecule has 1 aliphatic carbocycles. The Hall–Kier alpha value is -2.66. The lowest BCUT2D eigenvalue weighted by Crippen LogP contribution is -2.38. The van der Waals surface area contributed by atoms with E-state index < -0.39 is 53.1 Å². The Balaban J connectivity index is 1.93. The molecule has 0 bridgehead atoms. The van der Waals surface area contributed by atoms with Gasteiger partial charge in [-0.2, -0.15) is 18.3 Å². The maximum Gasteiger partial charge on any atom is 0.433 e. The molecule has 2 heterocycles. The minimum Gasteiger partial charge on any atom is -0.481 e. The highest BCUT2D eigenvalue weighted by atomic mass is 35.5. The second-order valence-corrected chi connectivity index (χ2v) is 10.9. The lowest BCUT2D eigenvalue weighted by atomic mass is 9.74. The summed E-state index contributed by atoms with van der Waals surface area (Å²) < 4.78 is 43.9. The minimum absolute atomic E-state index is 0.0275. The first-order valence-corrected chi connectivity index (χ1v) is 13.5. The summed E-state index contributed by atoms with van der Waals surface area (Å²) in [5.74, 6) is -2.60. The average Bonchev–Trinajstić information content (AvgIpc) is 3.32. The maximum absolute atomic E-state index is 14.4. The van der Waals surface area contributed by atoms with Crippen LogP contribution in [0.5, 0.6) is 0 Å². The van der Waals surface area contributed by atoms with E-state index in [0.717, 1.165) is 35.0 Å². The fourth-order valence-electron chi connectivity index (χ4n) is 4.86. The Bertz CT molecular complexity index is 1190. The lowest BCUT2D eigenvalue weighted by molar-refractivity contribution is -0.152. The molecule has 1 saturated carbocycles. The van der Waals surface area contributed by atoms with Gasteiger partial charge in [-0.25, -0.2) is 0 Å². The van der Waals surface area contributed by atoms with Crippen LogP contribution < -0.4 is 0 Å². The highest BCUT2D eigenvalue weighted by Gasteiger charge is 2.45. The number of rotatable bonds is 11. The van der Waals surface area contributed by atoms with Gasteiger partial charge in [0.15, 0.2) is 11.5 Å².